The second-order valence-corrected chi connectivity index (χ2v) is 3.83. The molecule has 1 rings (SSSR count). The lowest BCUT2D eigenvalue weighted by molar-refractivity contribution is -0.118. The van der Waals surface area contributed by atoms with Crippen LogP contribution in [0.1, 0.15) is 23.7 Å². The van der Waals surface area contributed by atoms with E-state index in [0.717, 1.165) is 0 Å². The summed E-state index contributed by atoms with van der Waals surface area (Å²) in [6.07, 6.45) is 2.69. The van der Waals surface area contributed by atoms with Crippen LogP contribution in [-0.2, 0) is 4.79 Å². The zero-order chi connectivity index (χ0) is 13.0. The van der Waals surface area contributed by atoms with Crippen molar-refractivity contribution < 1.29 is 14.7 Å². The van der Waals surface area contributed by atoms with Gasteiger partial charge in [0.15, 0.2) is 0 Å². The summed E-state index contributed by atoms with van der Waals surface area (Å²) in [4.78, 5) is 27.8. The van der Waals surface area contributed by atoms with Crippen molar-refractivity contribution >= 4 is 11.8 Å². The SMILES string of the molecule is CC(CC(N)=O)N(C)C(=O)c1ccncc1O. The predicted octanol–water partition coefficient (Wildman–Crippen LogP) is 0.123. The van der Waals surface area contributed by atoms with Crippen LogP contribution in [0.2, 0.25) is 0 Å². The minimum Gasteiger partial charge on any atom is -0.505 e. The molecule has 0 saturated carbocycles. The van der Waals surface area contributed by atoms with Gasteiger partial charge in [-0.2, -0.15) is 0 Å². The normalized spacial score (nSPS) is 11.9. The van der Waals surface area contributed by atoms with Crippen LogP contribution in [0.4, 0.5) is 0 Å². The monoisotopic (exact) mass is 237 g/mol. The van der Waals surface area contributed by atoms with Gasteiger partial charge in [-0.1, -0.05) is 0 Å². The lowest BCUT2D eigenvalue weighted by Crippen LogP contribution is -2.37. The van der Waals surface area contributed by atoms with Crippen molar-refractivity contribution in [1.29, 1.82) is 0 Å². The molecule has 0 saturated heterocycles. The first-order valence-electron chi connectivity index (χ1n) is 5.12. The van der Waals surface area contributed by atoms with Crippen molar-refractivity contribution in [2.45, 2.75) is 19.4 Å². The number of carbonyl (C=O) groups is 2. The molecule has 0 aliphatic heterocycles. The van der Waals surface area contributed by atoms with E-state index in [0.29, 0.717) is 0 Å². The van der Waals surface area contributed by atoms with Gasteiger partial charge in [0, 0.05) is 25.7 Å². The van der Waals surface area contributed by atoms with Crippen LogP contribution >= 0.6 is 0 Å². The standard InChI is InChI=1S/C11H15N3O3/c1-7(5-10(12)16)14(2)11(17)8-3-4-13-6-9(8)15/h3-4,6-7,15H,5H2,1-2H3,(H2,12,16). The zero-order valence-corrected chi connectivity index (χ0v) is 9.75. The van der Waals surface area contributed by atoms with Gasteiger partial charge in [-0.25, -0.2) is 0 Å². The van der Waals surface area contributed by atoms with E-state index < -0.39 is 5.91 Å². The van der Waals surface area contributed by atoms with Gasteiger partial charge in [-0.05, 0) is 13.0 Å². The molecule has 0 aliphatic rings. The van der Waals surface area contributed by atoms with Gasteiger partial charge in [-0.15, -0.1) is 0 Å². The molecule has 6 nitrogen and oxygen atoms in total. The predicted molar refractivity (Wildman–Crippen MR) is 61.3 cm³/mol. The fourth-order valence-electron chi connectivity index (χ4n) is 1.39. The molecule has 0 aliphatic carbocycles. The quantitative estimate of drug-likeness (QED) is 0.777. The zero-order valence-electron chi connectivity index (χ0n) is 9.75. The number of pyridine rings is 1. The molecule has 1 heterocycles. The molecule has 0 bridgehead atoms. The summed E-state index contributed by atoms with van der Waals surface area (Å²) < 4.78 is 0. The third kappa shape index (κ3) is 3.17. The van der Waals surface area contributed by atoms with Crippen molar-refractivity contribution in [1.82, 2.24) is 9.88 Å². The average molecular weight is 237 g/mol. The van der Waals surface area contributed by atoms with Gasteiger partial charge in [0.05, 0.1) is 11.8 Å². The average Bonchev–Trinajstić information content (AvgIpc) is 2.27. The van der Waals surface area contributed by atoms with E-state index in [1.165, 1.54) is 23.4 Å². The van der Waals surface area contributed by atoms with E-state index in [1.54, 1.807) is 14.0 Å². The number of hydrogen-bond donors (Lipinski definition) is 2. The highest BCUT2D eigenvalue weighted by Gasteiger charge is 2.21. The first-order chi connectivity index (χ1) is 7.93. The number of rotatable bonds is 4. The Morgan fingerprint density at radius 1 is 1.59 bits per heavy atom. The third-order valence-electron chi connectivity index (χ3n) is 2.51. The highest BCUT2D eigenvalue weighted by Crippen LogP contribution is 2.17. The first-order valence-corrected chi connectivity index (χ1v) is 5.12. The van der Waals surface area contributed by atoms with Gasteiger partial charge < -0.3 is 15.7 Å². The Morgan fingerprint density at radius 2 is 2.24 bits per heavy atom. The molecule has 1 unspecified atom stereocenters. The molecule has 92 valence electrons. The maximum atomic E-state index is 12.0. The lowest BCUT2D eigenvalue weighted by atomic mass is 10.1. The first kappa shape index (κ1) is 13.0. The number of aromatic nitrogens is 1. The highest BCUT2D eigenvalue weighted by atomic mass is 16.3. The Balaban J connectivity index is 2.83. The van der Waals surface area contributed by atoms with Crippen LogP contribution in [-0.4, -0.2) is 39.9 Å². The van der Waals surface area contributed by atoms with Gasteiger partial charge in [-0.3, -0.25) is 14.6 Å². The van der Waals surface area contributed by atoms with Crippen LogP contribution in [0.15, 0.2) is 18.5 Å². The van der Waals surface area contributed by atoms with Crippen molar-refractivity contribution in [3.05, 3.63) is 24.0 Å². The van der Waals surface area contributed by atoms with E-state index in [4.69, 9.17) is 5.73 Å². The van der Waals surface area contributed by atoms with Crippen LogP contribution < -0.4 is 5.73 Å². The Kier molecular flexibility index (Phi) is 4.03. The van der Waals surface area contributed by atoms with Crippen molar-refractivity contribution in [2.75, 3.05) is 7.05 Å². The largest absolute Gasteiger partial charge is 0.505 e. The summed E-state index contributed by atoms with van der Waals surface area (Å²) in [6.45, 7) is 1.71. The summed E-state index contributed by atoms with van der Waals surface area (Å²) in [5, 5.41) is 9.49. The summed E-state index contributed by atoms with van der Waals surface area (Å²) in [7, 11) is 1.55. The maximum Gasteiger partial charge on any atom is 0.257 e. The van der Waals surface area contributed by atoms with E-state index in [9.17, 15) is 14.7 Å². The molecule has 2 amide bonds. The van der Waals surface area contributed by atoms with Crippen molar-refractivity contribution in [3.8, 4) is 5.75 Å². The molecule has 3 N–H and O–H groups in total. The summed E-state index contributed by atoms with van der Waals surface area (Å²) in [5.74, 6) is -1.04. The Labute approximate surface area is 99.1 Å². The Bertz CT molecular complexity index is 434. The molecular weight excluding hydrogens is 222 g/mol. The van der Waals surface area contributed by atoms with Crippen LogP contribution in [0.25, 0.3) is 0 Å². The van der Waals surface area contributed by atoms with Gasteiger partial charge >= 0.3 is 0 Å². The third-order valence-corrected chi connectivity index (χ3v) is 2.51. The fraction of sp³-hybridized carbons (Fsp3) is 0.364. The van der Waals surface area contributed by atoms with E-state index in [2.05, 4.69) is 4.98 Å². The number of nitrogens with two attached hydrogens (primary N) is 1. The fourth-order valence-corrected chi connectivity index (χ4v) is 1.39. The molecule has 0 spiro atoms. The summed E-state index contributed by atoms with van der Waals surface area (Å²) in [6, 6.07) is 1.10. The molecule has 1 atom stereocenters. The Hall–Kier alpha value is -2.11. The van der Waals surface area contributed by atoms with Gasteiger partial charge in [0.1, 0.15) is 5.75 Å². The number of aromatic hydroxyl groups is 1. The van der Waals surface area contributed by atoms with Crippen LogP contribution in [0.3, 0.4) is 0 Å². The topological polar surface area (TPSA) is 96.5 Å². The number of carbonyl (C=O) groups excluding carboxylic acids is 2. The van der Waals surface area contributed by atoms with Crippen LogP contribution in [0, 0.1) is 0 Å². The number of hydrogen-bond acceptors (Lipinski definition) is 4. The van der Waals surface area contributed by atoms with E-state index in [-0.39, 0.29) is 29.7 Å². The van der Waals surface area contributed by atoms with E-state index in [1.807, 2.05) is 0 Å². The molecule has 1 aromatic heterocycles. The van der Waals surface area contributed by atoms with Gasteiger partial charge in [0.2, 0.25) is 5.91 Å². The number of amides is 2. The molecule has 0 fully saturated rings. The summed E-state index contributed by atoms with van der Waals surface area (Å²) >= 11 is 0. The number of primary amides is 1. The van der Waals surface area contributed by atoms with Gasteiger partial charge in [0.25, 0.3) is 5.91 Å². The minimum atomic E-state index is -0.476. The second-order valence-electron chi connectivity index (χ2n) is 3.83. The Morgan fingerprint density at radius 3 is 2.76 bits per heavy atom. The maximum absolute atomic E-state index is 12.0. The molecule has 1 aromatic rings. The van der Waals surface area contributed by atoms with Crippen molar-refractivity contribution in [3.63, 3.8) is 0 Å². The lowest BCUT2D eigenvalue weighted by Gasteiger charge is -2.24. The van der Waals surface area contributed by atoms with Crippen LogP contribution in [0.5, 0.6) is 5.75 Å². The second kappa shape index (κ2) is 5.29. The minimum absolute atomic E-state index is 0.0775. The molecule has 17 heavy (non-hydrogen) atoms. The molecular formula is C11H15N3O3. The number of nitrogens with zero attached hydrogens (tertiary/aromatic N) is 2. The molecule has 0 aromatic carbocycles. The molecule has 6 heteroatoms. The highest BCUT2D eigenvalue weighted by molar-refractivity contribution is 5.96. The smallest absolute Gasteiger partial charge is 0.257 e. The van der Waals surface area contributed by atoms with E-state index >= 15 is 0 Å². The summed E-state index contributed by atoms with van der Waals surface area (Å²) in [5.41, 5.74) is 5.22. The molecule has 0 radical (unpaired) electrons. The van der Waals surface area contributed by atoms with Crippen molar-refractivity contribution in [2.24, 2.45) is 5.73 Å².